The van der Waals surface area contributed by atoms with Crippen LogP contribution in [0.3, 0.4) is 0 Å². The number of alkyl halides is 5. The third kappa shape index (κ3) is 6.36. The summed E-state index contributed by atoms with van der Waals surface area (Å²) in [7, 11) is -3.47. The van der Waals surface area contributed by atoms with Crippen molar-refractivity contribution >= 4 is 33.0 Å². The molecule has 0 saturated carbocycles. The molecule has 0 aliphatic carbocycles. The van der Waals surface area contributed by atoms with Crippen molar-refractivity contribution in [2.24, 2.45) is 0 Å². The Hall–Kier alpha value is -3.27. The van der Waals surface area contributed by atoms with E-state index in [4.69, 9.17) is 21.1 Å². The molecule has 4 heterocycles. The van der Waals surface area contributed by atoms with E-state index < -0.39 is 70.7 Å². The van der Waals surface area contributed by atoms with Gasteiger partial charge in [0.2, 0.25) is 5.82 Å². The Morgan fingerprint density at radius 1 is 1.24 bits per heavy atom. The van der Waals surface area contributed by atoms with E-state index in [0.717, 1.165) is 16.8 Å². The summed E-state index contributed by atoms with van der Waals surface area (Å²) in [5.41, 5.74) is -2.01. The zero-order valence-electron chi connectivity index (χ0n) is 18.5. The summed E-state index contributed by atoms with van der Waals surface area (Å²) in [6, 6.07) is 3.69. The molecule has 37 heavy (non-hydrogen) atoms. The summed E-state index contributed by atoms with van der Waals surface area (Å²) in [6.07, 6.45) is -6.13. The molecule has 0 radical (unpaired) electrons. The molecule has 1 N–H and O–H groups in total. The van der Waals surface area contributed by atoms with Gasteiger partial charge in [-0.3, -0.25) is 4.79 Å². The number of nitrogens with one attached hydrogen (secondary N) is 1. The molecule has 0 aromatic carbocycles. The number of hydrogen-bond donors (Lipinski definition) is 1. The van der Waals surface area contributed by atoms with Crippen LogP contribution in [-0.4, -0.2) is 70.2 Å². The lowest BCUT2D eigenvalue weighted by molar-refractivity contribution is -0.153. The fourth-order valence-electron chi connectivity index (χ4n) is 3.46. The van der Waals surface area contributed by atoms with Crippen molar-refractivity contribution in [3.63, 3.8) is 0 Å². The van der Waals surface area contributed by atoms with Gasteiger partial charge in [0.1, 0.15) is 11.3 Å². The minimum Gasteiger partial charge on any atom is -0.478 e. The first-order chi connectivity index (χ1) is 17.3. The van der Waals surface area contributed by atoms with Gasteiger partial charge in [-0.15, -0.1) is 5.10 Å². The van der Waals surface area contributed by atoms with Crippen molar-refractivity contribution < 1.29 is 44.6 Å². The molecule has 1 aliphatic rings. The Morgan fingerprint density at radius 3 is 2.59 bits per heavy atom. The van der Waals surface area contributed by atoms with E-state index >= 15 is 0 Å². The molecule has 4 rings (SSSR count). The van der Waals surface area contributed by atoms with Crippen LogP contribution in [0.25, 0.3) is 5.65 Å². The average Bonchev–Trinajstić information content (AvgIpc) is 3.24. The first kappa shape index (κ1) is 26.8. The number of pyridine rings is 2. The molecule has 0 atom stereocenters. The lowest BCUT2D eigenvalue weighted by atomic mass is 9.92. The van der Waals surface area contributed by atoms with Crippen molar-refractivity contribution in [3.8, 4) is 17.4 Å². The minimum absolute atomic E-state index is 0.00484. The standard InChI is InChI=1S/C20H17ClF5N5O5S/c21-11-7-13(35-10-20(24,25)26)17(27-9-11)36-12-1-4-31-14(8-12)28-15(30-31)16(32)29-19(18(22)23)2-5-37(33,34)6-3-19/h1,4,7-9,18H,2-3,5-6,10H2,(H,29,32). The molecule has 17 heteroatoms. The highest BCUT2D eigenvalue weighted by molar-refractivity contribution is 7.91. The molecular weight excluding hydrogens is 553 g/mol. The Balaban J connectivity index is 1.53. The molecule has 10 nitrogen and oxygen atoms in total. The predicted octanol–water partition coefficient (Wildman–Crippen LogP) is 3.45. The normalized spacial score (nSPS) is 17.1. The molecule has 200 valence electrons. The highest BCUT2D eigenvalue weighted by atomic mass is 35.5. The maximum absolute atomic E-state index is 13.8. The van der Waals surface area contributed by atoms with Crippen molar-refractivity contribution in [3.05, 3.63) is 41.4 Å². The van der Waals surface area contributed by atoms with E-state index in [1.807, 2.05) is 0 Å². The average molecular weight is 570 g/mol. The number of sulfone groups is 1. The third-order valence-electron chi connectivity index (χ3n) is 5.40. The smallest absolute Gasteiger partial charge is 0.422 e. The number of aromatic nitrogens is 4. The number of halogens is 6. The van der Waals surface area contributed by atoms with Crippen molar-refractivity contribution in [1.82, 2.24) is 24.9 Å². The lowest BCUT2D eigenvalue weighted by Crippen LogP contribution is -2.58. The van der Waals surface area contributed by atoms with Crippen LogP contribution in [0.1, 0.15) is 23.5 Å². The third-order valence-corrected chi connectivity index (χ3v) is 7.26. The van der Waals surface area contributed by atoms with Crippen LogP contribution in [0.15, 0.2) is 30.6 Å². The van der Waals surface area contributed by atoms with E-state index in [0.29, 0.717) is 0 Å². The number of nitrogens with zero attached hydrogens (tertiary/aromatic N) is 4. The molecule has 3 aromatic heterocycles. The Labute approximate surface area is 210 Å². The second-order valence-corrected chi connectivity index (χ2v) is 10.9. The number of ether oxygens (including phenoxy) is 2. The number of carbonyl (C=O) groups excluding carboxylic acids is 1. The molecule has 0 bridgehead atoms. The monoisotopic (exact) mass is 569 g/mol. The molecule has 1 amide bonds. The molecule has 3 aromatic rings. The van der Waals surface area contributed by atoms with Gasteiger partial charge in [0.15, 0.2) is 27.8 Å². The predicted molar refractivity (Wildman–Crippen MR) is 118 cm³/mol. The first-order valence-electron chi connectivity index (χ1n) is 10.5. The largest absolute Gasteiger partial charge is 0.478 e. The van der Waals surface area contributed by atoms with Crippen LogP contribution in [0.2, 0.25) is 5.02 Å². The Bertz CT molecular complexity index is 1420. The fourth-order valence-corrected chi connectivity index (χ4v) is 5.17. The summed E-state index contributed by atoms with van der Waals surface area (Å²) in [5, 5.41) is 6.11. The maximum Gasteiger partial charge on any atom is 0.422 e. The van der Waals surface area contributed by atoms with Gasteiger partial charge in [-0.1, -0.05) is 11.6 Å². The van der Waals surface area contributed by atoms with Gasteiger partial charge < -0.3 is 14.8 Å². The number of amides is 1. The zero-order chi connectivity index (χ0) is 27.0. The van der Waals surface area contributed by atoms with E-state index in [9.17, 15) is 35.2 Å². The number of fused-ring (bicyclic) bond motifs is 1. The highest BCUT2D eigenvalue weighted by Gasteiger charge is 2.46. The van der Waals surface area contributed by atoms with Crippen molar-refractivity contribution in [1.29, 1.82) is 0 Å². The van der Waals surface area contributed by atoms with Crippen LogP contribution in [0, 0.1) is 0 Å². The van der Waals surface area contributed by atoms with E-state index in [1.165, 1.54) is 18.3 Å². The number of hydrogen-bond acceptors (Lipinski definition) is 8. The zero-order valence-corrected chi connectivity index (χ0v) is 20.1. The molecule has 1 fully saturated rings. The fraction of sp³-hybridized carbons (Fsp3) is 0.400. The van der Waals surface area contributed by atoms with Crippen LogP contribution < -0.4 is 14.8 Å². The quantitative estimate of drug-likeness (QED) is 0.429. The minimum atomic E-state index is -4.62. The Morgan fingerprint density at radius 2 is 1.95 bits per heavy atom. The SMILES string of the molecule is O=C(NC1(C(F)F)CCS(=O)(=O)CC1)c1nc2cc(Oc3ncc(Cl)cc3OCC(F)(F)F)ccn2n1. The van der Waals surface area contributed by atoms with Crippen molar-refractivity contribution in [2.75, 3.05) is 18.1 Å². The molecule has 1 aliphatic heterocycles. The van der Waals surface area contributed by atoms with Crippen LogP contribution in [0.5, 0.6) is 17.4 Å². The van der Waals surface area contributed by atoms with Gasteiger partial charge in [-0.05, 0) is 18.9 Å². The van der Waals surface area contributed by atoms with E-state index in [2.05, 4.69) is 20.4 Å². The van der Waals surface area contributed by atoms with E-state index in [1.54, 1.807) is 0 Å². The molecule has 0 spiro atoms. The maximum atomic E-state index is 13.8. The summed E-state index contributed by atoms with van der Waals surface area (Å²) < 4.78 is 99.9. The van der Waals surface area contributed by atoms with Gasteiger partial charge in [-0.2, -0.15) is 13.2 Å². The number of carbonyl (C=O) groups is 1. The summed E-state index contributed by atoms with van der Waals surface area (Å²) in [6.45, 7) is -1.61. The van der Waals surface area contributed by atoms with Crippen LogP contribution in [-0.2, 0) is 9.84 Å². The molecule has 1 saturated heterocycles. The molecule has 0 unspecified atom stereocenters. The number of rotatable bonds is 7. The lowest BCUT2D eigenvalue weighted by Gasteiger charge is -2.36. The second kappa shape index (κ2) is 9.89. The van der Waals surface area contributed by atoms with Gasteiger partial charge in [-0.25, -0.2) is 31.7 Å². The van der Waals surface area contributed by atoms with Gasteiger partial charge in [0, 0.05) is 24.5 Å². The van der Waals surface area contributed by atoms with Gasteiger partial charge >= 0.3 is 6.18 Å². The summed E-state index contributed by atoms with van der Waals surface area (Å²) in [4.78, 5) is 20.5. The Kier molecular flexibility index (Phi) is 7.16. The van der Waals surface area contributed by atoms with Crippen LogP contribution >= 0.6 is 11.6 Å². The summed E-state index contributed by atoms with van der Waals surface area (Å²) >= 11 is 5.78. The molecular formula is C20H17ClF5N5O5S. The van der Waals surface area contributed by atoms with Gasteiger partial charge in [0.05, 0.1) is 16.5 Å². The van der Waals surface area contributed by atoms with E-state index in [-0.39, 0.29) is 28.0 Å². The van der Waals surface area contributed by atoms with Crippen LogP contribution in [0.4, 0.5) is 22.0 Å². The highest BCUT2D eigenvalue weighted by Crippen LogP contribution is 2.33. The summed E-state index contributed by atoms with van der Waals surface area (Å²) in [5.74, 6) is -3.17. The van der Waals surface area contributed by atoms with Crippen molar-refractivity contribution in [2.45, 2.75) is 31.0 Å². The second-order valence-electron chi connectivity index (χ2n) is 8.13. The first-order valence-corrected chi connectivity index (χ1v) is 12.7. The topological polar surface area (TPSA) is 125 Å². The van der Waals surface area contributed by atoms with Gasteiger partial charge in [0.25, 0.3) is 18.2 Å².